The van der Waals surface area contributed by atoms with Crippen molar-refractivity contribution in [2.75, 3.05) is 26.7 Å². The van der Waals surface area contributed by atoms with Crippen LogP contribution in [0.5, 0.6) is 0 Å². The molecule has 3 rings (SSSR count). The zero-order valence-corrected chi connectivity index (χ0v) is 13.2. The summed E-state index contributed by atoms with van der Waals surface area (Å²) in [6.07, 6.45) is 1.45. The summed E-state index contributed by atoms with van der Waals surface area (Å²) in [7, 11) is 1.59. The summed E-state index contributed by atoms with van der Waals surface area (Å²) in [6, 6.07) is 4.19. The standard InChI is InChI=1S/C15H19FN6O2/c1-17-9-21(18-2)7-15(24)8-22-14(13(6-23)19-20-22)11-5-10(16)3-4-12(11)15/h3-5,9,19-20,23-24H,2,6-8H2,1H3/b17-9-. The molecular formula is C15H19FN6O2. The predicted molar refractivity (Wildman–Crippen MR) is 88.0 cm³/mol. The maximum atomic E-state index is 13.8. The number of halogens is 1. The Morgan fingerprint density at radius 2 is 2.33 bits per heavy atom. The molecule has 0 aliphatic carbocycles. The second-order valence-electron chi connectivity index (χ2n) is 5.64. The van der Waals surface area contributed by atoms with Crippen molar-refractivity contribution >= 4 is 18.8 Å². The Hall–Kier alpha value is -2.49. The zero-order valence-electron chi connectivity index (χ0n) is 13.2. The Balaban J connectivity index is 2.10. The molecule has 0 fully saturated rings. The molecule has 128 valence electrons. The molecule has 0 bridgehead atoms. The van der Waals surface area contributed by atoms with Gasteiger partial charge in [0.1, 0.15) is 17.8 Å². The highest BCUT2D eigenvalue weighted by molar-refractivity contribution is 5.73. The average Bonchev–Trinajstić information content (AvgIpc) is 2.96. The van der Waals surface area contributed by atoms with Gasteiger partial charge in [0.05, 0.1) is 31.1 Å². The van der Waals surface area contributed by atoms with Crippen molar-refractivity contribution in [2.24, 2.45) is 10.1 Å². The number of hydrogen-bond acceptors (Lipinski definition) is 7. The number of nitrogens with zero attached hydrogens (tertiary/aromatic N) is 4. The molecule has 2 aliphatic rings. The van der Waals surface area contributed by atoms with E-state index in [2.05, 4.69) is 27.8 Å². The molecule has 9 heteroatoms. The molecule has 1 aromatic rings. The van der Waals surface area contributed by atoms with Gasteiger partial charge in [-0.25, -0.2) is 4.39 Å². The lowest BCUT2D eigenvalue weighted by Crippen LogP contribution is -2.53. The van der Waals surface area contributed by atoms with Crippen LogP contribution < -0.4 is 11.0 Å². The number of hydrogen-bond donors (Lipinski definition) is 4. The summed E-state index contributed by atoms with van der Waals surface area (Å²) < 4.78 is 13.8. The maximum Gasteiger partial charge on any atom is 0.129 e. The number of nitrogens with one attached hydrogen (secondary N) is 2. The van der Waals surface area contributed by atoms with E-state index in [9.17, 15) is 14.6 Å². The van der Waals surface area contributed by atoms with Gasteiger partial charge in [-0.3, -0.25) is 15.0 Å². The summed E-state index contributed by atoms with van der Waals surface area (Å²) in [5.74, 6) is -0.427. The molecule has 1 atom stereocenters. The molecule has 2 aliphatic heterocycles. The Morgan fingerprint density at radius 3 is 3.00 bits per heavy atom. The number of hydrazone groups is 1. The predicted octanol–water partition coefficient (Wildman–Crippen LogP) is -0.412. The largest absolute Gasteiger partial charge is 0.390 e. The number of rotatable bonds is 5. The van der Waals surface area contributed by atoms with Crippen LogP contribution in [-0.4, -0.2) is 60.0 Å². The summed E-state index contributed by atoms with van der Waals surface area (Å²) in [4.78, 5) is 3.88. The van der Waals surface area contributed by atoms with Crippen LogP contribution in [0.15, 0.2) is 34.0 Å². The Kier molecular flexibility index (Phi) is 4.22. The van der Waals surface area contributed by atoms with E-state index in [0.717, 1.165) is 0 Å². The van der Waals surface area contributed by atoms with E-state index in [0.29, 0.717) is 22.5 Å². The van der Waals surface area contributed by atoms with E-state index < -0.39 is 11.4 Å². The third-order valence-electron chi connectivity index (χ3n) is 4.07. The van der Waals surface area contributed by atoms with Gasteiger partial charge in [-0.05, 0) is 17.7 Å². The summed E-state index contributed by atoms with van der Waals surface area (Å²) >= 11 is 0. The number of fused-ring (bicyclic) bond motifs is 3. The van der Waals surface area contributed by atoms with Crippen LogP contribution >= 0.6 is 0 Å². The van der Waals surface area contributed by atoms with Crippen molar-refractivity contribution in [3.63, 3.8) is 0 Å². The van der Waals surface area contributed by atoms with Gasteiger partial charge in [0.2, 0.25) is 0 Å². The fourth-order valence-corrected chi connectivity index (χ4v) is 3.08. The second-order valence-corrected chi connectivity index (χ2v) is 5.64. The number of hydrazine groups is 2. The fourth-order valence-electron chi connectivity index (χ4n) is 3.08. The highest BCUT2D eigenvalue weighted by Crippen LogP contribution is 2.40. The summed E-state index contributed by atoms with van der Waals surface area (Å²) in [6.45, 7) is 3.49. The number of aliphatic imine (C=N–C) groups is 1. The van der Waals surface area contributed by atoms with Gasteiger partial charge in [-0.15, -0.1) is 5.53 Å². The van der Waals surface area contributed by atoms with Crippen LogP contribution in [0, 0.1) is 5.82 Å². The minimum absolute atomic E-state index is 0.0897. The molecule has 0 radical (unpaired) electrons. The molecule has 8 nitrogen and oxygen atoms in total. The van der Waals surface area contributed by atoms with Crippen molar-refractivity contribution in [3.05, 3.63) is 40.8 Å². The Bertz CT molecular complexity index is 722. The fraction of sp³-hybridized carbons (Fsp3) is 0.333. The molecule has 2 heterocycles. The van der Waals surface area contributed by atoms with Crippen molar-refractivity contribution < 1.29 is 14.6 Å². The highest BCUT2D eigenvalue weighted by atomic mass is 19.1. The van der Waals surface area contributed by atoms with Gasteiger partial charge < -0.3 is 15.6 Å². The van der Waals surface area contributed by atoms with E-state index >= 15 is 0 Å². The van der Waals surface area contributed by atoms with E-state index in [1.54, 1.807) is 18.1 Å². The highest BCUT2D eigenvalue weighted by Gasteiger charge is 2.44. The molecule has 1 unspecified atom stereocenters. The lowest BCUT2D eigenvalue weighted by atomic mass is 9.84. The van der Waals surface area contributed by atoms with Crippen LogP contribution in [-0.2, 0) is 5.60 Å². The molecule has 4 N–H and O–H groups in total. The van der Waals surface area contributed by atoms with Crippen LogP contribution in [0.25, 0.3) is 5.70 Å². The zero-order chi connectivity index (χ0) is 17.3. The Labute approximate surface area is 138 Å². The average molecular weight is 334 g/mol. The van der Waals surface area contributed by atoms with Gasteiger partial charge in [0, 0.05) is 19.3 Å². The van der Waals surface area contributed by atoms with Crippen molar-refractivity contribution in [2.45, 2.75) is 5.60 Å². The van der Waals surface area contributed by atoms with Crippen LogP contribution in [0.2, 0.25) is 0 Å². The molecule has 24 heavy (non-hydrogen) atoms. The van der Waals surface area contributed by atoms with Gasteiger partial charge in [0.15, 0.2) is 0 Å². The first-order chi connectivity index (χ1) is 11.5. The van der Waals surface area contributed by atoms with E-state index in [4.69, 9.17) is 0 Å². The van der Waals surface area contributed by atoms with E-state index in [1.807, 2.05) is 0 Å². The summed E-state index contributed by atoms with van der Waals surface area (Å²) in [5, 5.41) is 27.6. The second kappa shape index (κ2) is 6.19. The third-order valence-corrected chi connectivity index (χ3v) is 4.07. The van der Waals surface area contributed by atoms with Gasteiger partial charge in [-0.1, -0.05) is 6.07 Å². The molecule has 0 aromatic heterocycles. The van der Waals surface area contributed by atoms with Crippen molar-refractivity contribution in [1.82, 2.24) is 21.0 Å². The summed E-state index contributed by atoms with van der Waals surface area (Å²) in [5.41, 5.74) is 6.52. The SMILES string of the molecule is C=NN(/C=N\C)CC1(O)CN2NNC(CO)=C2c2cc(F)ccc21. The van der Waals surface area contributed by atoms with E-state index in [1.165, 1.54) is 23.5 Å². The van der Waals surface area contributed by atoms with Gasteiger partial charge >= 0.3 is 0 Å². The van der Waals surface area contributed by atoms with Crippen LogP contribution in [0.3, 0.4) is 0 Å². The maximum absolute atomic E-state index is 13.8. The normalized spacial score (nSPS) is 22.4. The molecule has 0 amide bonds. The lowest BCUT2D eigenvalue weighted by Gasteiger charge is -2.41. The first-order valence-corrected chi connectivity index (χ1v) is 7.34. The van der Waals surface area contributed by atoms with Gasteiger partial charge in [-0.2, -0.15) is 5.10 Å². The number of benzene rings is 1. The molecule has 1 aromatic carbocycles. The molecular weight excluding hydrogens is 315 g/mol. The minimum Gasteiger partial charge on any atom is -0.390 e. The molecule has 0 saturated carbocycles. The third kappa shape index (κ3) is 2.62. The number of aliphatic hydroxyl groups is 2. The minimum atomic E-state index is -1.35. The van der Waals surface area contributed by atoms with Gasteiger partial charge in [0.25, 0.3) is 0 Å². The van der Waals surface area contributed by atoms with Crippen LogP contribution in [0.4, 0.5) is 4.39 Å². The van der Waals surface area contributed by atoms with Crippen molar-refractivity contribution in [1.29, 1.82) is 0 Å². The Morgan fingerprint density at radius 1 is 1.54 bits per heavy atom. The van der Waals surface area contributed by atoms with Crippen molar-refractivity contribution in [3.8, 4) is 0 Å². The lowest BCUT2D eigenvalue weighted by molar-refractivity contribution is -0.0186. The first kappa shape index (κ1) is 16.4. The molecule has 0 saturated heterocycles. The monoisotopic (exact) mass is 334 g/mol. The smallest absolute Gasteiger partial charge is 0.129 e. The molecule has 0 spiro atoms. The number of aliphatic hydroxyl groups excluding tert-OH is 1. The first-order valence-electron chi connectivity index (χ1n) is 7.34. The quantitative estimate of drug-likeness (QED) is 0.332. The van der Waals surface area contributed by atoms with E-state index in [-0.39, 0.29) is 19.7 Å². The topological polar surface area (TPSA) is 95.7 Å². The van der Waals surface area contributed by atoms with Crippen LogP contribution in [0.1, 0.15) is 11.1 Å².